The van der Waals surface area contributed by atoms with E-state index in [0.717, 1.165) is 12.2 Å². The molecule has 0 fully saturated rings. The van der Waals surface area contributed by atoms with E-state index < -0.39 is 11.9 Å². The SMILES string of the molecule is CCOC(=O)/C=C/C(=O)NCCO. The molecular formula is C8H13NO4. The van der Waals surface area contributed by atoms with Crippen LogP contribution in [0.1, 0.15) is 6.92 Å². The van der Waals surface area contributed by atoms with Crippen molar-refractivity contribution >= 4 is 11.9 Å². The fourth-order valence-corrected chi connectivity index (χ4v) is 0.572. The molecule has 0 saturated carbocycles. The van der Waals surface area contributed by atoms with Gasteiger partial charge in [-0.15, -0.1) is 0 Å². The van der Waals surface area contributed by atoms with Crippen LogP contribution < -0.4 is 5.32 Å². The number of carbonyl (C=O) groups excluding carboxylic acids is 2. The van der Waals surface area contributed by atoms with Crippen LogP contribution in [0.4, 0.5) is 0 Å². The Labute approximate surface area is 76.4 Å². The van der Waals surface area contributed by atoms with Gasteiger partial charge in [-0.25, -0.2) is 4.79 Å². The standard InChI is InChI=1S/C8H13NO4/c1-2-13-8(12)4-3-7(11)9-5-6-10/h3-4,10H,2,5-6H2,1H3,(H,9,11)/b4-3+. The smallest absolute Gasteiger partial charge is 0.330 e. The van der Waals surface area contributed by atoms with Crippen molar-refractivity contribution in [3.8, 4) is 0 Å². The fraction of sp³-hybridized carbons (Fsp3) is 0.500. The van der Waals surface area contributed by atoms with E-state index in [-0.39, 0.29) is 19.8 Å². The van der Waals surface area contributed by atoms with E-state index >= 15 is 0 Å². The molecule has 5 nitrogen and oxygen atoms in total. The Morgan fingerprint density at radius 1 is 1.46 bits per heavy atom. The van der Waals surface area contributed by atoms with Crippen molar-refractivity contribution in [1.29, 1.82) is 0 Å². The summed E-state index contributed by atoms with van der Waals surface area (Å²) in [7, 11) is 0. The average molecular weight is 187 g/mol. The molecule has 0 aromatic rings. The Morgan fingerprint density at radius 3 is 2.69 bits per heavy atom. The predicted molar refractivity (Wildman–Crippen MR) is 45.9 cm³/mol. The summed E-state index contributed by atoms with van der Waals surface area (Å²) in [4.78, 5) is 21.5. The monoisotopic (exact) mass is 187 g/mol. The van der Waals surface area contributed by atoms with Crippen LogP contribution in [-0.2, 0) is 14.3 Å². The molecule has 5 heteroatoms. The molecule has 0 saturated heterocycles. The Kier molecular flexibility index (Phi) is 6.53. The van der Waals surface area contributed by atoms with Gasteiger partial charge in [-0.1, -0.05) is 0 Å². The average Bonchev–Trinajstić information content (AvgIpc) is 2.12. The predicted octanol–water partition coefficient (Wildman–Crippen LogP) is -0.786. The van der Waals surface area contributed by atoms with Gasteiger partial charge in [0.1, 0.15) is 0 Å². The highest BCUT2D eigenvalue weighted by Gasteiger charge is 1.96. The second-order valence-corrected chi connectivity index (χ2v) is 2.10. The molecule has 0 unspecified atom stereocenters. The summed E-state index contributed by atoms with van der Waals surface area (Å²) in [6, 6.07) is 0. The van der Waals surface area contributed by atoms with Gasteiger partial charge >= 0.3 is 5.97 Å². The maximum atomic E-state index is 10.8. The van der Waals surface area contributed by atoms with Gasteiger partial charge in [-0.05, 0) is 6.92 Å². The van der Waals surface area contributed by atoms with Crippen LogP contribution in [-0.4, -0.2) is 36.7 Å². The van der Waals surface area contributed by atoms with Crippen LogP contribution in [0.25, 0.3) is 0 Å². The summed E-state index contributed by atoms with van der Waals surface area (Å²) >= 11 is 0. The van der Waals surface area contributed by atoms with E-state index in [2.05, 4.69) is 10.1 Å². The molecule has 0 atom stereocenters. The van der Waals surface area contributed by atoms with Crippen LogP contribution in [0.15, 0.2) is 12.2 Å². The Hall–Kier alpha value is -1.36. The first kappa shape index (κ1) is 11.6. The highest BCUT2D eigenvalue weighted by Crippen LogP contribution is 1.80. The molecule has 0 aliphatic heterocycles. The minimum atomic E-state index is -0.554. The minimum absolute atomic E-state index is 0.126. The summed E-state index contributed by atoms with van der Waals surface area (Å²) in [6.45, 7) is 2.00. The summed E-state index contributed by atoms with van der Waals surface area (Å²) in [5, 5.41) is 10.7. The van der Waals surface area contributed by atoms with Gasteiger partial charge in [0.15, 0.2) is 0 Å². The summed E-state index contributed by atoms with van der Waals surface area (Å²) in [6.07, 6.45) is 2.10. The summed E-state index contributed by atoms with van der Waals surface area (Å²) in [5.41, 5.74) is 0. The number of amides is 1. The first-order chi connectivity index (χ1) is 6.20. The fourth-order valence-electron chi connectivity index (χ4n) is 0.572. The Bertz CT molecular complexity index is 200. The molecule has 1 amide bonds. The van der Waals surface area contributed by atoms with Crippen LogP contribution in [0.3, 0.4) is 0 Å². The minimum Gasteiger partial charge on any atom is -0.463 e. The molecule has 0 aromatic carbocycles. The van der Waals surface area contributed by atoms with Crippen LogP contribution in [0, 0.1) is 0 Å². The molecular weight excluding hydrogens is 174 g/mol. The van der Waals surface area contributed by atoms with Gasteiger partial charge in [-0.2, -0.15) is 0 Å². The highest BCUT2D eigenvalue weighted by atomic mass is 16.5. The van der Waals surface area contributed by atoms with Crippen molar-refractivity contribution in [3.63, 3.8) is 0 Å². The van der Waals surface area contributed by atoms with Crippen LogP contribution >= 0.6 is 0 Å². The Balaban J connectivity index is 3.69. The molecule has 0 spiro atoms. The van der Waals surface area contributed by atoms with Crippen molar-refractivity contribution in [2.24, 2.45) is 0 Å². The van der Waals surface area contributed by atoms with Gasteiger partial charge in [-0.3, -0.25) is 4.79 Å². The lowest BCUT2D eigenvalue weighted by atomic mass is 10.4. The van der Waals surface area contributed by atoms with Crippen molar-refractivity contribution in [1.82, 2.24) is 5.32 Å². The molecule has 0 aliphatic rings. The third-order valence-corrected chi connectivity index (χ3v) is 1.07. The van der Waals surface area contributed by atoms with Gasteiger partial charge in [0.05, 0.1) is 13.2 Å². The van der Waals surface area contributed by atoms with Gasteiger partial charge in [0.2, 0.25) is 5.91 Å². The largest absolute Gasteiger partial charge is 0.463 e. The number of nitrogens with one attached hydrogen (secondary N) is 1. The number of esters is 1. The van der Waals surface area contributed by atoms with Crippen molar-refractivity contribution in [2.75, 3.05) is 19.8 Å². The lowest BCUT2D eigenvalue weighted by molar-refractivity contribution is -0.137. The molecule has 0 aliphatic carbocycles. The quantitative estimate of drug-likeness (QED) is 0.437. The zero-order chi connectivity index (χ0) is 10.1. The number of rotatable bonds is 5. The molecule has 0 aromatic heterocycles. The number of aliphatic hydroxyl groups excluding tert-OH is 1. The summed E-state index contributed by atoms with van der Waals surface area (Å²) < 4.78 is 4.54. The van der Waals surface area contributed by atoms with E-state index in [1.807, 2.05) is 0 Å². The van der Waals surface area contributed by atoms with E-state index in [1.54, 1.807) is 6.92 Å². The number of hydrogen-bond acceptors (Lipinski definition) is 4. The van der Waals surface area contributed by atoms with Crippen molar-refractivity contribution in [3.05, 3.63) is 12.2 Å². The molecule has 74 valence electrons. The topological polar surface area (TPSA) is 75.6 Å². The lowest BCUT2D eigenvalue weighted by Gasteiger charge is -1.97. The number of carbonyl (C=O) groups is 2. The molecule has 0 rings (SSSR count). The number of hydrogen-bond donors (Lipinski definition) is 2. The number of ether oxygens (including phenoxy) is 1. The Morgan fingerprint density at radius 2 is 2.15 bits per heavy atom. The zero-order valence-electron chi connectivity index (χ0n) is 7.45. The second-order valence-electron chi connectivity index (χ2n) is 2.10. The highest BCUT2D eigenvalue weighted by molar-refractivity contribution is 5.94. The molecule has 13 heavy (non-hydrogen) atoms. The molecule has 0 radical (unpaired) electrons. The van der Waals surface area contributed by atoms with Gasteiger partial charge in [0.25, 0.3) is 0 Å². The van der Waals surface area contributed by atoms with Crippen molar-refractivity contribution in [2.45, 2.75) is 6.92 Å². The second kappa shape index (κ2) is 7.30. The first-order valence-electron chi connectivity index (χ1n) is 3.94. The first-order valence-corrected chi connectivity index (χ1v) is 3.94. The molecule has 2 N–H and O–H groups in total. The number of aliphatic hydroxyl groups is 1. The van der Waals surface area contributed by atoms with E-state index in [9.17, 15) is 9.59 Å². The third kappa shape index (κ3) is 7.02. The normalized spacial score (nSPS) is 10.0. The molecule has 0 bridgehead atoms. The van der Waals surface area contributed by atoms with Crippen LogP contribution in [0.5, 0.6) is 0 Å². The van der Waals surface area contributed by atoms with E-state index in [4.69, 9.17) is 5.11 Å². The van der Waals surface area contributed by atoms with Gasteiger partial charge in [0, 0.05) is 18.7 Å². The van der Waals surface area contributed by atoms with E-state index in [1.165, 1.54) is 0 Å². The summed E-state index contributed by atoms with van der Waals surface area (Å²) in [5.74, 6) is -0.983. The zero-order valence-corrected chi connectivity index (χ0v) is 7.45. The maximum absolute atomic E-state index is 10.8. The van der Waals surface area contributed by atoms with E-state index in [0.29, 0.717) is 0 Å². The van der Waals surface area contributed by atoms with Crippen molar-refractivity contribution < 1.29 is 19.4 Å². The van der Waals surface area contributed by atoms with Crippen LogP contribution in [0.2, 0.25) is 0 Å². The van der Waals surface area contributed by atoms with Gasteiger partial charge < -0.3 is 15.2 Å². The third-order valence-electron chi connectivity index (χ3n) is 1.07. The molecule has 0 heterocycles. The lowest BCUT2D eigenvalue weighted by Crippen LogP contribution is -2.24. The maximum Gasteiger partial charge on any atom is 0.330 e.